The number of rotatable bonds is 4. The minimum atomic E-state index is -0.161. The van der Waals surface area contributed by atoms with Crippen LogP contribution in [0.5, 0.6) is 17.2 Å². The van der Waals surface area contributed by atoms with Crippen LogP contribution in [0, 0.1) is 11.8 Å². The van der Waals surface area contributed by atoms with Crippen molar-refractivity contribution in [3.05, 3.63) is 59.0 Å². The van der Waals surface area contributed by atoms with E-state index in [-0.39, 0.29) is 17.3 Å². The number of hydrogen-bond acceptors (Lipinski definition) is 5. The molecule has 2 aliphatic rings. The maximum absolute atomic E-state index is 13.2. The molecule has 1 N–H and O–H groups in total. The minimum Gasteiger partial charge on any atom is -0.507 e. The van der Waals surface area contributed by atoms with Crippen LogP contribution in [0.1, 0.15) is 41.8 Å². The Morgan fingerprint density at radius 1 is 1.18 bits per heavy atom. The van der Waals surface area contributed by atoms with Crippen LogP contribution in [-0.2, 0) is 13.6 Å². The number of phenolic OH excluding ortho intramolecular Hbond substituents is 1. The molecule has 0 unspecified atom stereocenters. The number of aryl methyl sites for hydroxylation is 1. The number of Topliss-reactive ketones (excluding diaryl/α,β-unsaturated/α-hetero) is 1. The van der Waals surface area contributed by atoms with E-state index in [1.165, 1.54) is 6.42 Å². The highest BCUT2D eigenvalue weighted by molar-refractivity contribution is 6.15. The van der Waals surface area contributed by atoms with Gasteiger partial charge in [0.15, 0.2) is 5.76 Å². The van der Waals surface area contributed by atoms with E-state index >= 15 is 0 Å². The molecule has 6 nitrogen and oxygen atoms in total. The van der Waals surface area contributed by atoms with Crippen LogP contribution in [0.25, 0.3) is 17.0 Å². The quantitative estimate of drug-likeness (QED) is 0.572. The van der Waals surface area contributed by atoms with Gasteiger partial charge >= 0.3 is 0 Å². The third kappa shape index (κ3) is 3.89. The zero-order valence-corrected chi connectivity index (χ0v) is 19.6. The second-order valence-electron chi connectivity index (χ2n) is 9.60. The summed E-state index contributed by atoms with van der Waals surface area (Å²) in [5.74, 6) is 2.73. The predicted molar refractivity (Wildman–Crippen MR) is 129 cm³/mol. The topological polar surface area (TPSA) is 63.9 Å². The first-order valence-corrected chi connectivity index (χ1v) is 11.5. The van der Waals surface area contributed by atoms with Gasteiger partial charge in [-0.05, 0) is 54.7 Å². The summed E-state index contributed by atoms with van der Waals surface area (Å²) in [7, 11) is 3.61. The van der Waals surface area contributed by atoms with Gasteiger partial charge in [0.2, 0.25) is 5.78 Å². The molecular formula is C27H30N2O4. The normalized spacial score (nSPS) is 22.1. The van der Waals surface area contributed by atoms with E-state index in [9.17, 15) is 9.90 Å². The van der Waals surface area contributed by atoms with E-state index in [0.29, 0.717) is 35.3 Å². The van der Waals surface area contributed by atoms with Gasteiger partial charge < -0.3 is 19.1 Å². The molecule has 0 radical (unpaired) electrons. The van der Waals surface area contributed by atoms with Crippen molar-refractivity contribution in [2.75, 3.05) is 20.2 Å². The molecule has 33 heavy (non-hydrogen) atoms. The van der Waals surface area contributed by atoms with Crippen molar-refractivity contribution in [1.82, 2.24) is 9.47 Å². The first-order valence-electron chi connectivity index (χ1n) is 11.5. The number of ketones is 1. The number of likely N-dealkylation sites (tertiary alicyclic amines) is 1. The summed E-state index contributed by atoms with van der Waals surface area (Å²) in [6.07, 6.45) is 4.98. The number of carbonyl (C=O) groups excluding carboxylic acids is 1. The first kappa shape index (κ1) is 21.6. The number of ether oxygens (including phenoxy) is 2. The Morgan fingerprint density at radius 3 is 2.67 bits per heavy atom. The highest BCUT2D eigenvalue weighted by Gasteiger charge is 2.33. The third-order valence-corrected chi connectivity index (χ3v) is 6.76. The number of phenols is 1. The minimum absolute atomic E-state index is 0.161. The number of methoxy groups -OCH3 is 1. The molecule has 0 saturated carbocycles. The van der Waals surface area contributed by atoms with E-state index in [4.69, 9.17) is 9.47 Å². The lowest BCUT2D eigenvalue weighted by atomic mass is 9.91. The highest BCUT2D eigenvalue weighted by atomic mass is 16.5. The summed E-state index contributed by atoms with van der Waals surface area (Å²) < 4.78 is 13.5. The van der Waals surface area contributed by atoms with Crippen molar-refractivity contribution in [1.29, 1.82) is 0 Å². The molecule has 1 saturated heterocycles. The van der Waals surface area contributed by atoms with Crippen LogP contribution >= 0.6 is 0 Å². The van der Waals surface area contributed by atoms with Gasteiger partial charge in [-0.3, -0.25) is 9.69 Å². The van der Waals surface area contributed by atoms with E-state index in [2.05, 4.69) is 18.7 Å². The van der Waals surface area contributed by atoms with Crippen LogP contribution in [0.15, 0.2) is 42.3 Å². The summed E-state index contributed by atoms with van der Waals surface area (Å²) in [5.41, 5.74) is 3.11. The molecule has 5 rings (SSSR count). The second-order valence-corrected chi connectivity index (χ2v) is 9.60. The van der Waals surface area contributed by atoms with Gasteiger partial charge in [-0.25, -0.2) is 0 Å². The fourth-order valence-electron chi connectivity index (χ4n) is 5.38. The van der Waals surface area contributed by atoms with E-state index in [1.807, 2.05) is 36.0 Å². The second kappa shape index (κ2) is 8.27. The lowest BCUT2D eigenvalue weighted by molar-refractivity contribution is 0.101. The Balaban J connectivity index is 1.50. The van der Waals surface area contributed by atoms with Crippen LogP contribution in [-0.4, -0.2) is 40.6 Å². The van der Waals surface area contributed by atoms with Crippen LogP contribution in [0.2, 0.25) is 0 Å². The number of nitrogens with zero attached hydrogens (tertiary/aromatic N) is 2. The number of carbonyl (C=O) groups is 1. The van der Waals surface area contributed by atoms with Gasteiger partial charge in [0.1, 0.15) is 17.2 Å². The molecule has 3 heterocycles. The fraction of sp³-hybridized carbons (Fsp3) is 0.370. The van der Waals surface area contributed by atoms with Crippen LogP contribution in [0.4, 0.5) is 0 Å². The van der Waals surface area contributed by atoms with Crippen molar-refractivity contribution in [3.8, 4) is 17.2 Å². The van der Waals surface area contributed by atoms with Crippen molar-refractivity contribution in [2.24, 2.45) is 18.9 Å². The standard InChI is InChI=1S/C27H30N2O4/c1-16-9-17(2)13-29(12-16)15-22-24(30)8-6-20-26(31)25(33-27(20)22)10-18-14-28(3)23-7-5-19(32-4)11-21(18)23/h5-8,10-11,14,16-17,30H,9,12-13,15H2,1-4H3/b25-10-/t16-,17-/m0/s1. The molecule has 0 aliphatic carbocycles. The lowest BCUT2D eigenvalue weighted by Crippen LogP contribution is -2.38. The maximum Gasteiger partial charge on any atom is 0.231 e. The SMILES string of the molecule is COc1ccc2c(c1)c(/C=C1\Oc3c(ccc(O)c3CN3C[C@@H](C)C[C@H](C)C3)C1=O)cn2C. The Hall–Kier alpha value is -3.25. The summed E-state index contributed by atoms with van der Waals surface area (Å²) >= 11 is 0. The van der Waals surface area contributed by atoms with Gasteiger partial charge in [-0.15, -0.1) is 0 Å². The van der Waals surface area contributed by atoms with Crippen molar-refractivity contribution in [3.63, 3.8) is 0 Å². The van der Waals surface area contributed by atoms with E-state index in [1.54, 1.807) is 25.3 Å². The Labute approximate surface area is 194 Å². The van der Waals surface area contributed by atoms with Crippen molar-refractivity contribution in [2.45, 2.75) is 26.8 Å². The third-order valence-electron chi connectivity index (χ3n) is 6.76. The van der Waals surface area contributed by atoms with Crippen molar-refractivity contribution >= 4 is 22.8 Å². The van der Waals surface area contributed by atoms with E-state index < -0.39 is 0 Å². The molecule has 6 heteroatoms. The van der Waals surface area contributed by atoms with Crippen molar-refractivity contribution < 1.29 is 19.4 Å². The number of aromatic hydroxyl groups is 1. The van der Waals surface area contributed by atoms with E-state index in [0.717, 1.165) is 35.3 Å². The van der Waals surface area contributed by atoms with Gasteiger partial charge in [0, 0.05) is 49.3 Å². The molecule has 3 aromatic rings. The number of benzene rings is 2. The number of fused-ring (bicyclic) bond motifs is 2. The molecule has 0 spiro atoms. The lowest BCUT2D eigenvalue weighted by Gasteiger charge is -2.35. The molecule has 2 aromatic carbocycles. The summed E-state index contributed by atoms with van der Waals surface area (Å²) in [6, 6.07) is 9.15. The molecule has 0 bridgehead atoms. The number of allylic oxidation sites excluding steroid dienone is 1. The Kier molecular flexibility index (Phi) is 5.41. The molecule has 1 fully saturated rings. The van der Waals surface area contributed by atoms with Gasteiger partial charge in [-0.2, -0.15) is 0 Å². The zero-order chi connectivity index (χ0) is 23.3. The van der Waals surface area contributed by atoms with Crippen LogP contribution in [0.3, 0.4) is 0 Å². The van der Waals surface area contributed by atoms with Gasteiger partial charge in [0.25, 0.3) is 0 Å². The zero-order valence-electron chi connectivity index (χ0n) is 19.6. The highest BCUT2D eigenvalue weighted by Crippen LogP contribution is 2.41. The Morgan fingerprint density at radius 2 is 1.94 bits per heavy atom. The van der Waals surface area contributed by atoms with Gasteiger partial charge in [-0.1, -0.05) is 13.8 Å². The number of hydrogen-bond donors (Lipinski definition) is 1. The molecule has 0 amide bonds. The first-order chi connectivity index (χ1) is 15.8. The largest absolute Gasteiger partial charge is 0.507 e. The molecule has 1 aromatic heterocycles. The monoisotopic (exact) mass is 446 g/mol. The van der Waals surface area contributed by atoms with Gasteiger partial charge in [0.05, 0.1) is 18.2 Å². The predicted octanol–water partition coefficient (Wildman–Crippen LogP) is 4.99. The number of piperidine rings is 1. The smallest absolute Gasteiger partial charge is 0.231 e. The molecule has 172 valence electrons. The summed E-state index contributed by atoms with van der Waals surface area (Å²) in [5, 5.41) is 11.6. The number of aromatic nitrogens is 1. The average molecular weight is 447 g/mol. The molecular weight excluding hydrogens is 416 g/mol. The molecule has 2 aliphatic heterocycles. The Bertz CT molecular complexity index is 1260. The average Bonchev–Trinajstić information content (AvgIpc) is 3.26. The van der Waals surface area contributed by atoms with Crippen LogP contribution < -0.4 is 9.47 Å². The molecule has 2 atom stereocenters. The maximum atomic E-state index is 13.2. The summed E-state index contributed by atoms with van der Waals surface area (Å²) in [6.45, 7) is 7.04. The summed E-state index contributed by atoms with van der Waals surface area (Å²) in [4.78, 5) is 15.6. The fourth-order valence-corrected chi connectivity index (χ4v) is 5.38.